The summed E-state index contributed by atoms with van der Waals surface area (Å²) in [4.78, 5) is 15.1. The van der Waals surface area contributed by atoms with Crippen molar-refractivity contribution in [1.82, 2.24) is 10.3 Å². The van der Waals surface area contributed by atoms with E-state index in [9.17, 15) is 4.79 Å². The van der Waals surface area contributed by atoms with Crippen LogP contribution in [0.3, 0.4) is 0 Å². The first kappa shape index (κ1) is 12.2. The lowest BCUT2D eigenvalue weighted by molar-refractivity contribution is -0.118. The van der Waals surface area contributed by atoms with Crippen LogP contribution in [0.4, 0.5) is 11.5 Å². The number of nitrogens with one attached hydrogen (secondary N) is 2. The van der Waals surface area contributed by atoms with Gasteiger partial charge in [0, 0.05) is 31.1 Å². The summed E-state index contributed by atoms with van der Waals surface area (Å²) in [7, 11) is 0. The van der Waals surface area contributed by atoms with Gasteiger partial charge in [-0.05, 0) is 30.3 Å². The van der Waals surface area contributed by atoms with Gasteiger partial charge < -0.3 is 16.4 Å². The fourth-order valence-electron chi connectivity index (χ4n) is 1.67. The Hall–Kier alpha value is -2.30. The molecule has 5 heteroatoms. The quantitative estimate of drug-likeness (QED) is 0.560. The summed E-state index contributed by atoms with van der Waals surface area (Å²) in [6, 6.07) is 9.48. The van der Waals surface area contributed by atoms with E-state index < -0.39 is 0 Å². The summed E-state index contributed by atoms with van der Waals surface area (Å²) in [6.07, 6.45) is 0. The molecular weight excluding hydrogens is 228 g/mol. The molecule has 1 aromatic heterocycles. The van der Waals surface area contributed by atoms with Gasteiger partial charge in [0.05, 0.1) is 5.52 Å². The second-order valence-corrected chi connectivity index (χ2v) is 4.06. The molecule has 0 bridgehead atoms. The number of anilines is 2. The average molecular weight is 244 g/mol. The highest BCUT2D eigenvalue weighted by Gasteiger charge is 1.98. The molecule has 0 radical (unpaired) electrons. The van der Waals surface area contributed by atoms with Crippen molar-refractivity contribution in [3.8, 4) is 0 Å². The lowest BCUT2D eigenvalue weighted by Gasteiger charge is -2.07. The van der Waals surface area contributed by atoms with Crippen molar-refractivity contribution in [2.24, 2.45) is 0 Å². The molecule has 0 aliphatic carbocycles. The SMILES string of the molecule is CC(=O)NCCNc1ccc2cc(N)ccc2n1. The molecule has 94 valence electrons. The molecule has 4 N–H and O–H groups in total. The van der Waals surface area contributed by atoms with Gasteiger partial charge in [0.25, 0.3) is 0 Å². The van der Waals surface area contributed by atoms with Crippen LogP contribution in [0.15, 0.2) is 30.3 Å². The Labute approximate surface area is 105 Å². The van der Waals surface area contributed by atoms with Gasteiger partial charge in [0.2, 0.25) is 5.91 Å². The normalized spacial score (nSPS) is 10.3. The number of carbonyl (C=O) groups excluding carboxylic acids is 1. The van der Waals surface area contributed by atoms with E-state index in [1.807, 2.05) is 30.3 Å². The molecule has 0 aliphatic rings. The third-order valence-electron chi connectivity index (χ3n) is 2.52. The number of hydrogen-bond acceptors (Lipinski definition) is 4. The monoisotopic (exact) mass is 244 g/mol. The van der Waals surface area contributed by atoms with Crippen LogP contribution in [0, 0.1) is 0 Å². The molecular formula is C13H16N4O. The minimum absolute atomic E-state index is 0.0289. The summed E-state index contributed by atoms with van der Waals surface area (Å²) in [5, 5.41) is 6.88. The number of nitrogens with two attached hydrogens (primary N) is 1. The Morgan fingerprint density at radius 2 is 2.11 bits per heavy atom. The van der Waals surface area contributed by atoms with Crippen LogP contribution in [-0.4, -0.2) is 24.0 Å². The summed E-state index contributed by atoms with van der Waals surface area (Å²) >= 11 is 0. The first-order valence-electron chi connectivity index (χ1n) is 5.80. The smallest absolute Gasteiger partial charge is 0.216 e. The van der Waals surface area contributed by atoms with Gasteiger partial charge in [-0.3, -0.25) is 4.79 Å². The van der Waals surface area contributed by atoms with E-state index in [0.29, 0.717) is 13.1 Å². The Kier molecular flexibility index (Phi) is 3.62. The minimum Gasteiger partial charge on any atom is -0.399 e. The van der Waals surface area contributed by atoms with Crippen molar-refractivity contribution in [3.05, 3.63) is 30.3 Å². The molecule has 0 atom stereocenters. The van der Waals surface area contributed by atoms with Crippen LogP contribution in [0.5, 0.6) is 0 Å². The molecule has 2 rings (SSSR count). The lowest BCUT2D eigenvalue weighted by Crippen LogP contribution is -2.26. The topological polar surface area (TPSA) is 80.0 Å². The Balaban J connectivity index is 2.01. The first-order valence-corrected chi connectivity index (χ1v) is 5.80. The van der Waals surface area contributed by atoms with E-state index in [1.165, 1.54) is 6.92 Å². The zero-order valence-corrected chi connectivity index (χ0v) is 10.2. The molecule has 0 unspecified atom stereocenters. The summed E-state index contributed by atoms with van der Waals surface area (Å²) in [6.45, 7) is 2.72. The maximum absolute atomic E-state index is 10.7. The van der Waals surface area contributed by atoms with Crippen molar-refractivity contribution in [3.63, 3.8) is 0 Å². The van der Waals surface area contributed by atoms with E-state index in [0.717, 1.165) is 22.4 Å². The molecule has 0 saturated heterocycles. The van der Waals surface area contributed by atoms with Gasteiger partial charge in [-0.1, -0.05) is 0 Å². The van der Waals surface area contributed by atoms with Crippen molar-refractivity contribution in [2.45, 2.75) is 6.92 Å². The number of nitrogens with zero attached hydrogens (tertiary/aromatic N) is 1. The second-order valence-electron chi connectivity index (χ2n) is 4.06. The number of amides is 1. The predicted octanol–water partition coefficient (Wildman–Crippen LogP) is 1.36. The van der Waals surface area contributed by atoms with E-state index in [2.05, 4.69) is 15.6 Å². The van der Waals surface area contributed by atoms with Crippen LogP contribution in [0.2, 0.25) is 0 Å². The van der Waals surface area contributed by atoms with E-state index in [4.69, 9.17) is 5.73 Å². The third kappa shape index (κ3) is 3.10. The standard InChI is InChI=1S/C13H16N4O/c1-9(18)15-6-7-16-13-5-2-10-8-11(14)3-4-12(10)17-13/h2-5,8H,6-7,14H2,1H3,(H,15,18)(H,16,17). The van der Waals surface area contributed by atoms with Crippen LogP contribution >= 0.6 is 0 Å². The Morgan fingerprint density at radius 1 is 1.28 bits per heavy atom. The Bertz CT molecular complexity index is 568. The van der Waals surface area contributed by atoms with E-state index in [1.54, 1.807) is 0 Å². The zero-order chi connectivity index (χ0) is 13.0. The van der Waals surface area contributed by atoms with Gasteiger partial charge in [-0.15, -0.1) is 0 Å². The van der Waals surface area contributed by atoms with Gasteiger partial charge in [-0.2, -0.15) is 0 Å². The number of rotatable bonds is 4. The third-order valence-corrected chi connectivity index (χ3v) is 2.52. The average Bonchev–Trinajstić information content (AvgIpc) is 2.34. The largest absolute Gasteiger partial charge is 0.399 e. The zero-order valence-electron chi connectivity index (χ0n) is 10.2. The van der Waals surface area contributed by atoms with Crippen LogP contribution in [-0.2, 0) is 4.79 Å². The highest BCUT2D eigenvalue weighted by Crippen LogP contribution is 2.17. The summed E-state index contributed by atoms with van der Waals surface area (Å²) in [5.74, 6) is 0.761. The maximum atomic E-state index is 10.7. The van der Waals surface area contributed by atoms with Gasteiger partial charge in [-0.25, -0.2) is 4.98 Å². The van der Waals surface area contributed by atoms with Crippen molar-refractivity contribution in [1.29, 1.82) is 0 Å². The number of fused-ring (bicyclic) bond motifs is 1. The summed E-state index contributed by atoms with van der Waals surface area (Å²) in [5.41, 5.74) is 7.33. The lowest BCUT2D eigenvalue weighted by atomic mass is 10.2. The second kappa shape index (κ2) is 5.35. The summed E-state index contributed by atoms with van der Waals surface area (Å²) < 4.78 is 0. The molecule has 5 nitrogen and oxygen atoms in total. The fourth-order valence-corrected chi connectivity index (χ4v) is 1.67. The molecule has 1 aromatic carbocycles. The molecule has 2 aromatic rings. The fraction of sp³-hybridized carbons (Fsp3) is 0.231. The Morgan fingerprint density at radius 3 is 2.89 bits per heavy atom. The number of aromatic nitrogens is 1. The van der Waals surface area contributed by atoms with Gasteiger partial charge >= 0.3 is 0 Å². The molecule has 0 saturated carbocycles. The number of benzene rings is 1. The number of hydrogen-bond donors (Lipinski definition) is 3. The van der Waals surface area contributed by atoms with Crippen LogP contribution in [0.25, 0.3) is 10.9 Å². The number of pyridine rings is 1. The molecule has 0 aliphatic heterocycles. The molecule has 1 heterocycles. The van der Waals surface area contributed by atoms with Crippen LogP contribution < -0.4 is 16.4 Å². The number of nitrogen functional groups attached to an aromatic ring is 1. The molecule has 0 fully saturated rings. The van der Waals surface area contributed by atoms with Gasteiger partial charge in [0.15, 0.2) is 0 Å². The van der Waals surface area contributed by atoms with E-state index >= 15 is 0 Å². The predicted molar refractivity (Wildman–Crippen MR) is 73.3 cm³/mol. The molecule has 1 amide bonds. The number of carbonyl (C=O) groups is 1. The van der Waals surface area contributed by atoms with Gasteiger partial charge in [0.1, 0.15) is 5.82 Å². The highest BCUT2D eigenvalue weighted by molar-refractivity contribution is 5.83. The van der Waals surface area contributed by atoms with Crippen LogP contribution in [0.1, 0.15) is 6.92 Å². The highest BCUT2D eigenvalue weighted by atomic mass is 16.1. The first-order chi connectivity index (χ1) is 8.65. The maximum Gasteiger partial charge on any atom is 0.216 e. The molecule has 0 spiro atoms. The van der Waals surface area contributed by atoms with E-state index in [-0.39, 0.29) is 5.91 Å². The van der Waals surface area contributed by atoms with Crippen molar-refractivity contribution >= 4 is 28.3 Å². The van der Waals surface area contributed by atoms with Crippen molar-refractivity contribution in [2.75, 3.05) is 24.1 Å². The molecule has 18 heavy (non-hydrogen) atoms. The minimum atomic E-state index is -0.0289. The van der Waals surface area contributed by atoms with Crippen molar-refractivity contribution < 1.29 is 4.79 Å².